The molecule has 0 rings (SSSR count). The average molecular weight is 202 g/mol. The first-order chi connectivity index (χ1) is 6.50. The van der Waals surface area contributed by atoms with Gasteiger partial charge in [0, 0.05) is 20.2 Å². The maximum absolute atomic E-state index is 11.6. The number of hydrogen-bond acceptors (Lipinski definition) is 3. The molecule has 14 heavy (non-hydrogen) atoms. The van der Waals surface area contributed by atoms with Crippen LogP contribution in [0.4, 0.5) is 0 Å². The summed E-state index contributed by atoms with van der Waals surface area (Å²) in [5, 5.41) is 0. The summed E-state index contributed by atoms with van der Waals surface area (Å²) in [6.07, 6.45) is 0. The predicted molar refractivity (Wildman–Crippen MR) is 56.9 cm³/mol. The number of nitrogens with two attached hydrogens (primary N) is 1. The quantitative estimate of drug-likeness (QED) is 0.637. The molecule has 0 aliphatic heterocycles. The van der Waals surface area contributed by atoms with Gasteiger partial charge in [-0.1, -0.05) is 13.8 Å². The van der Waals surface area contributed by atoms with Gasteiger partial charge in [0.15, 0.2) is 0 Å². The minimum Gasteiger partial charge on any atom is -0.380 e. The monoisotopic (exact) mass is 202 g/mol. The molecule has 1 amide bonds. The van der Waals surface area contributed by atoms with Crippen molar-refractivity contribution in [1.29, 1.82) is 0 Å². The van der Waals surface area contributed by atoms with E-state index in [2.05, 4.69) is 0 Å². The maximum atomic E-state index is 11.6. The van der Waals surface area contributed by atoms with Crippen molar-refractivity contribution in [3.63, 3.8) is 0 Å². The fraction of sp³-hybridized carbons (Fsp3) is 0.900. The standard InChI is InChI=1S/C10H22N2O2/c1-5-14-7-6-12(4)10(13)9(11)8(2)3/h8-9H,5-7,11H2,1-4H3/t9-/m0/s1. The van der Waals surface area contributed by atoms with E-state index in [-0.39, 0.29) is 11.8 Å². The zero-order valence-corrected chi connectivity index (χ0v) is 9.62. The predicted octanol–water partition coefficient (Wildman–Crippen LogP) is 0.465. The summed E-state index contributed by atoms with van der Waals surface area (Å²) in [5.74, 6) is 0.164. The molecule has 0 fully saturated rings. The van der Waals surface area contributed by atoms with Gasteiger partial charge >= 0.3 is 0 Å². The topological polar surface area (TPSA) is 55.6 Å². The fourth-order valence-corrected chi connectivity index (χ4v) is 0.996. The lowest BCUT2D eigenvalue weighted by Gasteiger charge is -2.23. The van der Waals surface area contributed by atoms with Gasteiger partial charge in [-0.3, -0.25) is 4.79 Å². The molecular formula is C10H22N2O2. The van der Waals surface area contributed by atoms with Crippen molar-refractivity contribution < 1.29 is 9.53 Å². The Labute approximate surface area is 86.4 Å². The summed E-state index contributed by atoms with van der Waals surface area (Å²) < 4.78 is 5.16. The van der Waals surface area contributed by atoms with Gasteiger partial charge in [-0.15, -0.1) is 0 Å². The first-order valence-corrected chi connectivity index (χ1v) is 5.09. The Hall–Kier alpha value is -0.610. The second-order valence-corrected chi connectivity index (χ2v) is 3.73. The van der Waals surface area contributed by atoms with Crippen molar-refractivity contribution >= 4 is 5.91 Å². The molecule has 4 nitrogen and oxygen atoms in total. The van der Waals surface area contributed by atoms with Gasteiger partial charge in [-0.2, -0.15) is 0 Å². The summed E-state index contributed by atoms with van der Waals surface area (Å²) in [5.41, 5.74) is 5.73. The van der Waals surface area contributed by atoms with Crippen LogP contribution in [0.3, 0.4) is 0 Å². The number of ether oxygens (including phenoxy) is 1. The normalized spacial score (nSPS) is 13.0. The van der Waals surface area contributed by atoms with Crippen LogP contribution in [0.2, 0.25) is 0 Å². The zero-order valence-electron chi connectivity index (χ0n) is 9.62. The molecule has 0 radical (unpaired) electrons. The summed E-state index contributed by atoms with van der Waals surface area (Å²) >= 11 is 0. The number of rotatable bonds is 6. The van der Waals surface area contributed by atoms with Crippen LogP contribution in [0.1, 0.15) is 20.8 Å². The summed E-state index contributed by atoms with van der Waals surface area (Å²) in [7, 11) is 1.75. The Balaban J connectivity index is 3.86. The van der Waals surface area contributed by atoms with Crippen LogP contribution in [-0.2, 0) is 9.53 Å². The highest BCUT2D eigenvalue weighted by atomic mass is 16.5. The third-order valence-corrected chi connectivity index (χ3v) is 2.15. The van der Waals surface area contributed by atoms with Gasteiger partial charge in [0.05, 0.1) is 12.6 Å². The Kier molecular flexibility index (Phi) is 6.49. The largest absolute Gasteiger partial charge is 0.380 e. The first kappa shape index (κ1) is 13.4. The number of hydrogen-bond donors (Lipinski definition) is 1. The molecule has 2 N–H and O–H groups in total. The van der Waals surface area contributed by atoms with Crippen molar-refractivity contribution in [2.75, 3.05) is 26.8 Å². The van der Waals surface area contributed by atoms with Crippen LogP contribution >= 0.6 is 0 Å². The Bertz CT molecular complexity index is 172. The molecular weight excluding hydrogens is 180 g/mol. The van der Waals surface area contributed by atoms with Crippen LogP contribution in [-0.4, -0.2) is 43.7 Å². The lowest BCUT2D eigenvalue weighted by molar-refractivity contribution is -0.132. The number of carbonyl (C=O) groups excluding carboxylic acids is 1. The molecule has 0 aliphatic rings. The minimum atomic E-state index is -0.401. The summed E-state index contributed by atoms with van der Waals surface area (Å²) in [4.78, 5) is 13.2. The van der Waals surface area contributed by atoms with E-state index in [1.807, 2.05) is 20.8 Å². The van der Waals surface area contributed by atoms with Crippen LogP contribution in [0, 0.1) is 5.92 Å². The van der Waals surface area contributed by atoms with E-state index in [4.69, 9.17) is 10.5 Å². The van der Waals surface area contributed by atoms with Gasteiger partial charge in [0.2, 0.25) is 5.91 Å². The van der Waals surface area contributed by atoms with Crippen molar-refractivity contribution in [1.82, 2.24) is 4.90 Å². The molecule has 4 heteroatoms. The van der Waals surface area contributed by atoms with Crippen molar-refractivity contribution in [2.45, 2.75) is 26.8 Å². The first-order valence-electron chi connectivity index (χ1n) is 5.09. The van der Waals surface area contributed by atoms with E-state index in [1.165, 1.54) is 0 Å². The molecule has 84 valence electrons. The zero-order chi connectivity index (χ0) is 11.1. The molecule has 1 atom stereocenters. The third kappa shape index (κ3) is 4.58. The van der Waals surface area contributed by atoms with E-state index in [0.29, 0.717) is 19.8 Å². The molecule has 0 aromatic heterocycles. The highest BCUT2D eigenvalue weighted by Gasteiger charge is 2.20. The Morgan fingerprint density at radius 2 is 2.07 bits per heavy atom. The van der Waals surface area contributed by atoms with Crippen LogP contribution in [0.5, 0.6) is 0 Å². The average Bonchev–Trinajstić information content (AvgIpc) is 2.15. The number of amides is 1. The maximum Gasteiger partial charge on any atom is 0.239 e. The molecule has 0 aliphatic carbocycles. The highest BCUT2D eigenvalue weighted by Crippen LogP contribution is 2.01. The summed E-state index contributed by atoms with van der Waals surface area (Å²) in [6, 6.07) is -0.401. The van der Waals surface area contributed by atoms with Crippen molar-refractivity contribution in [3.8, 4) is 0 Å². The molecule has 0 heterocycles. The van der Waals surface area contributed by atoms with Gasteiger partial charge in [0.1, 0.15) is 0 Å². The fourth-order valence-electron chi connectivity index (χ4n) is 0.996. The number of nitrogens with zero attached hydrogens (tertiary/aromatic N) is 1. The number of likely N-dealkylation sites (N-methyl/N-ethyl adjacent to an activating group) is 1. The van der Waals surface area contributed by atoms with Crippen molar-refractivity contribution in [3.05, 3.63) is 0 Å². The molecule has 0 spiro atoms. The smallest absolute Gasteiger partial charge is 0.239 e. The molecule has 0 aromatic rings. The van der Waals surface area contributed by atoms with Gasteiger partial charge in [-0.05, 0) is 12.8 Å². The molecule has 0 saturated carbocycles. The van der Waals surface area contributed by atoms with E-state index in [1.54, 1.807) is 11.9 Å². The molecule has 0 saturated heterocycles. The van der Waals surface area contributed by atoms with Crippen LogP contribution in [0.15, 0.2) is 0 Å². The lowest BCUT2D eigenvalue weighted by atomic mass is 10.0. The highest BCUT2D eigenvalue weighted by molar-refractivity contribution is 5.81. The van der Waals surface area contributed by atoms with Gasteiger partial charge < -0.3 is 15.4 Å². The summed E-state index contributed by atoms with van der Waals surface area (Å²) in [6.45, 7) is 7.68. The van der Waals surface area contributed by atoms with Gasteiger partial charge in [0.25, 0.3) is 0 Å². The third-order valence-electron chi connectivity index (χ3n) is 2.15. The van der Waals surface area contributed by atoms with Crippen molar-refractivity contribution in [2.24, 2.45) is 11.7 Å². The molecule has 0 bridgehead atoms. The molecule has 0 aromatic carbocycles. The SMILES string of the molecule is CCOCCN(C)C(=O)[C@@H](N)C(C)C. The Morgan fingerprint density at radius 1 is 1.50 bits per heavy atom. The Morgan fingerprint density at radius 3 is 2.50 bits per heavy atom. The van der Waals surface area contributed by atoms with E-state index < -0.39 is 6.04 Å². The van der Waals surface area contributed by atoms with Gasteiger partial charge in [-0.25, -0.2) is 0 Å². The second-order valence-electron chi connectivity index (χ2n) is 3.73. The van der Waals surface area contributed by atoms with E-state index >= 15 is 0 Å². The van der Waals surface area contributed by atoms with Crippen LogP contribution < -0.4 is 5.73 Å². The van der Waals surface area contributed by atoms with E-state index in [0.717, 1.165) is 0 Å². The second kappa shape index (κ2) is 6.79. The van der Waals surface area contributed by atoms with E-state index in [9.17, 15) is 4.79 Å². The number of carbonyl (C=O) groups is 1. The lowest BCUT2D eigenvalue weighted by Crippen LogP contribution is -2.45. The van der Waals surface area contributed by atoms with Crippen LogP contribution in [0.25, 0.3) is 0 Å². The minimum absolute atomic E-state index is 0.0142. The molecule has 0 unspecified atom stereocenters.